The summed E-state index contributed by atoms with van der Waals surface area (Å²) in [5, 5.41) is 15.8. The van der Waals surface area contributed by atoms with Gasteiger partial charge in [-0.05, 0) is 0 Å². The summed E-state index contributed by atoms with van der Waals surface area (Å²) in [6.45, 7) is 4.58. The third kappa shape index (κ3) is 25.8. The Labute approximate surface area is 114 Å². The van der Waals surface area contributed by atoms with Gasteiger partial charge < -0.3 is 10.2 Å². The number of hydrogen-bond acceptors (Lipinski definition) is 2. The molecule has 0 rings (SSSR count). The zero-order chi connectivity index (χ0) is 13.5. The zero-order valence-electron chi connectivity index (χ0n) is 10.9. The maximum absolute atomic E-state index is 9.64. The quantitative estimate of drug-likeness (QED) is 0.495. The van der Waals surface area contributed by atoms with Gasteiger partial charge in [-0.1, -0.05) is 0 Å². The number of carboxylic acids is 2. The van der Waals surface area contributed by atoms with Crippen LogP contribution in [0.5, 0.6) is 0 Å². The molecule has 0 saturated carbocycles. The van der Waals surface area contributed by atoms with Crippen LogP contribution < -0.4 is 0 Å². The van der Waals surface area contributed by atoms with E-state index in [0.717, 1.165) is 0 Å². The van der Waals surface area contributed by atoms with Gasteiger partial charge in [0.2, 0.25) is 0 Å². The first-order chi connectivity index (χ1) is 8.04. The molecule has 0 amide bonds. The molecular formula is C12H24O4Sn. The number of rotatable bonds is 9. The molecule has 0 atom stereocenters. The van der Waals surface area contributed by atoms with E-state index < -0.39 is 11.9 Å². The fraction of sp³-hybridized carbons (Fsp3) is 0.833. The molecule has 0 unspecified atom stereocenters. The van der Waals surface area contributed by atoms with E-state index in [2.05, 4.69) is 13.8 Å². The van der Waals surface area contributed by atoms with E-state index in [1.807, 2.05) is 0 Å². The number of carbonyl (C=O) groups is 2. The summed E-state index contributed by atoms with van der Waals surface area (Å²) in [5.41, 5.74) is 0. The predicted octanol–water partition coefficient (Wildman–Crippen LogP) is 3.06. The Morgan fingerprint density at radius 1 is 0.882 bits per heavy atom. The number of carboxylic acid groups (broad SMARTS) is 2. The molecule has 0 aromatic rings. The Morgan fingerprint density at radius 2 is 1.24 bits per heavy atom. The summed E-state index contributed by atoms with van der Waals surface area (Å²) in [6.07, 6.45) is 5.25. The van der Waals surface area contributed by atoms with Crippen LogP contribution in [0.4, 0.5) is 0 Å². The first-order valence-electron chi connectivity index (χ1n) is 6.18. The van der Waals surface area contributed by atoms with Crippen LogP contribution in [0.15, 0.2) is 0 Å². The molecule has 100 valence electrons. The Bertz CT molecular complexity index is 175. The Kier molecular flexibility index (Phi) is 17.7. The van der Waals surface area contributed by atoms with Gasteiger partial charge in [-0.2, -0.15) is 0 Å². The monoisotopic (exact) mass is 352 g/mol. The van der Waals surface area contributed by atoms with Crippen molar-refractivity contribution in [1.29, 1.82) is 0 Å². The van der Waals surface area contributed by atoms with Gasteiger partial charge in [0.15, 0.2) is 0 Å². The molecule has 0 aliphatic heterocycles. The summed E-state index contributed by atoms with van der Waals surface area (Å²) in [7, 11) is 0. The van der Waals surface area contributed by atoms with Gasteiger partial charge >= 0.3 is 81.5 Å². The normalized spacial score (nSPS) is 9.29. The van der Waals surface area contributed by atoms with Crippen LogP contribution in [0.3, 0.4) is 0 Å². The van der Waals surface area contributed by atoms with Crippen molar-refractivity contribution in [3.05, 3.63) is 0 Å². The topological polar surface area (TPSA) is 74.6 Å². The Hall–Kier alpha value is -0.261. The van der Waals surface area contributed by atoms with Crippen molar-refractivity contribution >= 4 is 33.1 Å². The van der Waals surface area contributed by atoms with Crippen molar-refractivity contribution in [3.63, 3.8) is 0 Å². The van der Waals surface area contributed by atoms with E-state index in [1.165, 1.54) is 25.7 Å². The maximum Gasteiger partial charge on any atom is 0.303 e. The molecular weight excluding hydrogens is 327 g/mol. The van der Waals surface area contributed by atoms with Crippen molar-refractivity contribution < 1.29 is 19.8 Å². The molecule has 0 aromatic carbocycles. The molecule has 2 N–H and O–H groups in total. The molecule has 0 bridgehead atoms. The Morgan fingerprint density at radius 3 is 1.47 bits per heavy atom. The number of hydrogen-bond donors (Lipinski definition) is 2. The van der Waals surface area contributed by atoms with Crippen LogP contribution in [0.25, 0.3) is 0 Å². The molecule has 0 aliphatic carbocycles. The minimum atomic E-state index is -1.08. The van der Waals surface area contributed by atoms with E-state index in [9.17, 15) is 9.59 Å². The van der Waals surface area contributed by atoms with Crippen LogP contribution in [0, 0.1) is 0 Å². The minimum absolute atomic E-state index is 0.149. The summed E-state index contributed by atoms with van der Waals surface area (Å²) >= 11 is 0.149. The second-order valence-electron chi connectivity index (χ2n) is 3.74. The summed E-state index contributed by atoms with van der Waals surface area (Å²) < 4.78 is 3.25. The molecule has 17 heavy (non-hydrogen) atoms. The first kappa shape index (κ1) is 19.1. The average Bonchev–Trinajstić information content (AvgIpc) is 2.27. The predicted molar refractivity (Wildman–Crippen MR) is 69.7 cm³/mol. The molecule has 2 radical (unpaired) electrons. The maximum atomic E-state index is 9.64. The van der Waals surface area contributed by atoms with E-state index in [1.54, 1.807) is 8.87 Å². The van der Waals surface area contributed by atoms with Crippen LogP contribution >= 0.6 is 0 Å². The molecule has 5 heteroatoms. The summed E-state index contributed by atoms with van der Waals surface area (Å²) in [5.74, 6) is -2.15. The fourth-order valence-electron chi connectivity index (χ4n) is 0.942. The molecule has 0 aliphatic rings. The van der Waals surface area contributed by atoms with Crippen molar-refractivity contribution in [2.24, 2.45) is 0 Å². The molecule has 0 spiro atoms. The summed E-state index contributed by atoms with van der Waals surface area (Å²) in [4.78, 5) is 19.3. The molecule has 0 fully saturated rings. The third-order valence-electron chi connectivity index (χ3n) is 1.97. The number of unbranched alkanes of at least 4 members (excludes halogenated alkanes) is 2. The van der Waals surface area contributed by atoms with E-state index in [4.69, 9.17) is 10.2 Å². The largest absolute Gasteiger partial charge is 0.481 e. The molecule has 0 aromatic heterocycles. The molecule has 0 saturated heterocycles. The van der Waals surface area contributed by atoms with Crippen LogP contribution in [0.2, 0.25) is 8.87 Å². The second-order valence-corrected chi connectivity index (χ2v) is 8.03. The van der Waals surface area contributed by atoms with Gasteiger partial charge in [0.1, 0.15) is 0 Å². The van der Waals surface area contributed by atoms with Crippen LogP contribution in [-0.2, 0) is 9.59 Å². The van der Waals surface area contributed by atoms with Crippen molar-refractivity contribution in [3.8, 4) is 0 Å². The van der Waals surface area contributed by atoms with Crippen molar-refractivity contribution in [2.75, 3.05) is 0 Å². The first-order valence-corrected chi connectivity index (χ1v) is 10.2. The summed E-state index contributed by atoms with van der Waals surface area (Å²) in [6, 6.07) is 0. The van der Waals surface area contributed by atoms with Crippen molar-refractivity contribution in [2.45, 2.75) is 61.2 Å². The standard InChI is InChI=1S/C4H6O4.2C4H9.Sn/c5-3(6)1-2-4(7)8;2*1-3-4-2;/h1-2H2,(H,5,6)(H,7,8);2*1,3-4H2,2H3;. The molecule has 0 heterocycles. The number of aliphatic carboxylic acids is 2. The van der Waals surface area contributed by atoms with Crippen LogP contribution in [0.1, 0.15) is 52.4 Å². The molecule has 4 nitrogen and oxygen atoms in total. The minimum Gasteiger partial charge on any atom is -0.481 e. The fourth-order valence-corrected chi connectivity index (χ4v) is 5.10. The van der Waals surface area contributed by atoms with Gasteiger partial charge in [0, 0.05) is 0 Å². The van der Waals surface area contributed by atoms with E-state index in [-0.39, 0.29) is 34.0 Å². The smallest absolute Gasteiger partial charge is 0.303 e. The van der Waals surface area contributed by atoms with Crippen molar-refractivity contribution in [1.82, 2.24) is 0 Å². The average molecular weight is 351 g/mol. The van der Waals surface area contributed by atoms with Gasteiger partial charge in [0.05, 0.1) is 12.8 Å². The van der Waals surface area contributed by atoms with Gasteiger partial charge in [-0.3, -0.25) is 9.59 Å². The second kappa shape index (κ2) is 15.7. The van der Waals surface area contributed by atoms with Crippen LogP contribution in [-0.4, -0.2) is 43.3 Å². The van der Waals surface area contributed by atoms with Gasteiger partial charge in [-0.25, -0.2) is 0 Å². The van der Waals surface area contributed by atoms with E-state index in [0.29, 0.717) is 0 Å². The SMILES string of the molecule is CCC[CH2][Sn][CH2]CCC.O=C(O)CCC(=O)O. The Balaban J connectivity index is 0. The van der Waals surface area contributed by atoms with E-state index >= 15 is 0 Å². The van der Waals surface area contributed by atoms with Gasteiger partial charge in [-0.15, -0.1) is 0 Å². The third-order valence-corrected chi connectivity index (χ3v) is 6.00. The van der Waals surface area contributed by atoms with Gasteiger partial charge in [0.25, 0.3) is 0 Å². The zero-order valence-corrected chi connectivity index (χ0v) is 13.7.